The Morgan fingerprint density at radius 3 is 2.78 bits per heavy atom. The molecule has 98 valence electrons. The highest BCUT2D eigenvalue weighted by atomic mass is 79.9. The number of hydrogen-bond donors (Lipinski definition) is 0. The van der Waals surface area contributed by atoms with Crippen LogP contribution in [-0.2, 0) is 0 Å². The lowest BCUT2D eigenvalue weighted by Gasteiger charge is -2.08. The highest BCUT2D eigenvalue weighted by Crippen LogP contribution is 2.23. The summed E-state index contributed by atoms with van der Waals surface area (Å²) >= 11 is 3.31. The van der Waals surface area contributed by atoms with Crippen LogP contribution in [0.4, 0.5) is 8.78 Å². The van der Waals surface area contributed by atoms with Gasteiger partial charge in [0.15, 0.2) is 0 Å². The Labute approximate surface area is 114 Å². The van der Waals surface area contributed by atoms with Gasteiger partial charge in [0.1, 0.15) is 5.76 Å². The highest BCUT2D eigenvalue weighted by Gasteiger charge is 2.05. The number of rotatable bonds is 5. The molecular weight excluding hydrogens is 304 g/mol. The molecule has 0 saturated heterocycles. The zero-order valence-corrected chi connectivity index (χ0v) is 11.7. The van der Waals surface area contributed by atoms with Crippen LogP contribution in [0.15, 0.2) is 46.3 Å². The normalized spacial score (nSPS) is 13.0. The first-order valence-electron chi connectivity index (χ1n) is 5.48. The lowest BCUT2D eigenvalue weighted by molar-refractivity contribution is 0.190. The molecule has 18 heavy (non-hydrogen) atoms. The molecule has 0 radical (unpaired) electrons. The van der Waals surface area contributed by atoms with Crippen molar-refractivity contribution in [3.05, 3.63) is 46.3 Å². The van der Waals surface area contributed by atoms with Gasteiger partial charge in [0.2, 0.25) is 5.88 Å². The van der Waals surface area contributed by atoms with E-state index in [9.17, 15) is 8.78 Å². The van der Waals surface area contributed by atoms with Crippen LogP contribution in [0.3, 0.4) is 0 Å². The molecule has 5 heteroatoms. The lowest BCUT2D eigenvalue weighted by atomic mass is 10.2. The average Bonchev–Trinajstić information content (AvgIpc) is 2.36. The monoisotopic (exact) mass is 317 g/mol. The fourth-order valence-corrected chi connectivity index (χ4v) is 1.43. The van der Waals surface area contributed by atoms with E-state index >= 15 is 0 Å². The van der Waals surface area contributed by atoms with Crippen LogP contribution in [0.5, 0.6) is 5.88 Å². The predicted octanol–water partition coefficient (Wildman–Crippen LogP) is 4.73. The quantitative estimate of drug-likeness (QED) is 0.578. The first-order valence-corrected chi connectivity index (χ1v) is 6.27. The van der Waals surface area contributed by atoms with Gasteiger partial charge in [-0.25, -0.2) is 13.8 Å². The maximum atomic E-state index is 12.3. The topological polar surface area (TPSA) is 22.1 Å². The highest BCUT2D eigenvalue weighted by molar-refractivity contribution is 9.10. The van der Waals surface area contributed by atoms with Gasteiger partial charge in [-0.05, 0) is 46.6 Å². The van der Waals surface area contributed by atoms with Gasteiger partial charge >= 0.3 is 0 Å². The molecule has 0 amide bonds. The molecule has 0 aliphatic carbocycles. The van der Waals surface area contributed by atoms with Crippen molar-refractivity contribution in [1.82, 2.24) is 4.98 Å². The van der Waals surface area contributed by atoms with Crippen LogP contribution >= 0.6 is 15.9 Å². The Kier molecular flexibility index (Phi) is 5.98. The van der Waals surface area contributed by atoms with Crippen LogP contribution in [0, 0.1) is 0 Å². The molecule has 1 aromatic heterocycles. The van der Waals surface area contributed by atoms with Crippen molar-refractivity contribution >= 4 is 15.9 Å². The van der Waals surface area contributed by atoms with Gasteiger partial charge in [-0.15, -0.1) is 0 Å². The van der Waals surface area contributed by atoms with E-state index in [4.69, 9.17) is 4.74 Å². The van der Waals surface area contributed by atoms with E-state index < -0.39 is 6.43 Å². The lowest BCUT2D eigenvalue weighted by Crippen LogP contribution is -1.97. The molecule has 0 fully saturated rings. The van der Waals surface area contributed by atoms with Crippen molar-refractivity contribution in [1.29, 1.82) is 0 Å². The second-order valence-electron chi connectivity index (χ2n) is 3.59. The Balaban J connectivity index is 2.83. The van der Waals surface area contributed by atoms with E-state index in [1.165, 1.54) is 13.0 Å². The summed E-state index contributed by atoms with van der Waals surface area (Å²) < 4.78 is 30.9. The van der Waals surface area contributed by atoms with Gasteiger partial charge < -0.3 is 4.74 Å². The Hall–Kier alpha value is -1.23. The molecule has 0 N–H and O–H groups in total. The molecule has 0 saturated carbocycles. The van der Waals surface area contributed by atoms with Crippen molar-refractivity contribution in [2.45, 2.75) is 26.7 Å². The van der Waals surface area contributed by atoms with E-state index in [0.717, 1.165) is 4.47 Å². The third-order valence-electron chi connectivity index (χ3n) is 2.18. The van der Waals surface area contributed by atoms with E-state index in [1.807, 2.05) is 6.92 Å². The summed E-state index contributed by atoms with van der Waals surface area (Å²) in [5.74, 6) is 1.00. The van der Waals surface area contributed by atoms with Crippen LogP contribution in [0.25, 0.3) is 0 Å². The van der Waals surface area contributed by atoms with Gasteiger partial charge in [0.05, 0.1) is 4.47 Å². The Morgan fingerprint density at radius 2 is 2.22 bits per heavy atom. The molecule has 2 nitrogen and oxygen atoms in total. The SMILES string of the molecule is CC/C(=C\C=C(/C)C(F)F)Oc1ncccc1Br. The van der Waals surface area contributed by atoms with Gasteiger partial charge in [-0.3, -0.25) is 0 Å². The third kappa shape index (κ3) is 4.56. The number of hydrogen-bond acceptors (Lipinski definition) is 2. The van der Waals surface area contributed by atoms with E-state index in [1.54, 1.807) is 24.4 Å². The standard InChI is InChI=1S/C13H14BrF2NO/c1-3-10(7-6-9(2)12(15)16)18-13-11(14)5-4-8-17-13/h4-8,12H,3H2,1-2H3/b9-6+,10-7+. The summed E-state index contributed by atoms with van der Waals surface area (Å²) in [6.45, 7) is 3.26. The number of pyridine rings is 1. The summed E-state index contributed by atoms with van der Waals surface area (Å²) in [6, 6.07) is 3.57. The Bertz CT molecular complexity index is 458. The number of halogens is 3. The minimum Gasteiger partial charge on any atom is -0.442 e. The number of nitrogens with zero attached hydrogens (tertiary/aromatic N) is 1. The van der Waals surface area contributed by atoms with Gasteiger partial charge in [0.25, 0.3) is 6.43 Å². The summed E-state index contributed by atoms with van der Waals surface area (Å²) in [4.78, 5) is 4.05. The zero-order chi connectivity index (χ0) is 13.5. The molecule has 1 aromatic rings. The van der Waals surface area contributed by atoms with Crippen molar-refractivity contribution < 1.29 is 13.5 Å². The second-order valence-corrected chi connectivity index (χ2v) is 4.44. The molecule has 0 atom stereocenters. The van der Waals surface area contributed by atoms with Gasteiger partial charge in [-0.2, -0.15) is 0 Å². The van der Waals surface area contributed by atoms with Gasteiger partial charge in [-0.1, -0.05) is 13.0 Å². The molecule has 0 spiro atoms. The van der Waals surface area contributed by atoms with Crippen LogP contribution in [0.2, 0.25) is 0 Å². The molecule has 0 unspecified atom stereocenters. The third-order valence-corrected chi connectivity index (χ3v) is 2.78. The van der Waals surface area contributed by atoms with Crippen molar-refractivity contribution in [2.75, 3.05) is 0 Å². The Morgan fingerprint density at radius 1 is 1.50 bits per heavy atom. The number of aromatic nitrogens is 1. The largest absolute Gasteiger partial charge is 0.442 e. The zero-order valence-electron chi connectivity index (χ0n) is 10.2. The molecule has 0 bridgehead atoms. The second kappa shape index (κ2) is 7.26. The summed E-state index contributed by atoms with van der Waals surface area (Å²) in [5.41, 5.74) is 0.00429. The summed E-state index contributed by atoms with van der Waals surface area (Å²) in [7, 11) is 0. The molecule has 1 rings (SSSR count). The van der Waals surface area contributed by atoms with Crippen LogP contribution < -0.4 is 4.74 Å². The fourth-order valence-electron chi connectivity index (χ4n) is 1.09. The fraction of sp³-hybridized carbons (Fsp3) is 0.308. The first-order chi connectivity index (χ1) is 8.54. The van der Waals surface area contributed by atoms with E-state index in [0.29, 0.717) is 18.1 Å². The summed E-state index contributed by atoms with van der Waals surface area (Å²) in [5, 5.41) is 0. The van der Waals surface area contributed by atoms with Crippen molar-refractivity contribution in [2.24, 2.45) is 0 Å². The minimum absolute atomic E-state index is 0.00429. The average molecular weight is 318 g/mol. The molecule has 1 heterocycles. The minimum atomic E-state index is -2.44. The molecular formula is C13H14BrF2NO. The van der Waals surface area contributed by atoms with Gasteiger partial charge in [0, 0.05) is 12.6 Å². The molecule has 0 aliphatic heterocycles. The van der Waals surface area contributed by atoms with E-state index in [2.05, 4.69) is 20.9 Å². The number of allylic oxidation sites excluding steroid dienone is 4. The first kappa shape index (κ1) is 14.8. The summed E-state index contributed by atoms with van der Waals surface area (Å²) in [6.07, 6.45) is 2.66. The maximum absolute atomic E-state index is 12.3. The smallest absolute Gasteiger partial charge is 0.259 e. The predicted molar refractivity (Wildman–Crippen MR) is 70.7 cm³/mol. The maximum Gasteiger partial charge on any atom is 0.259 e. The van der Waals surface area contributed by atoms with Crippen LogP contribution in [-0.4, -0.2) is 11.4 Å². The van der Waals surface area contributed by atoms with Crippen molar-refractivity contribution in [3.8, 4) is 5.88 Å². The van der Waals surface area contributed by atoms with Crippen LogP contribution in [0.1, 0.15) is 20.3 Å². The molecule has 0 aromatic carbocycles. The number of alkyl halides is 2. The van der Waals surface area contributed by atoms with E-state index in [-0.39, 0.29) is 5.57 Å². The number of ether oxygens (including phenoxy) is 1. The van der Waals surface area contributed by atoms with Crippen molar-refractivity contribution in [3.63, 3.8) is 0 Å². The molecule has 0 aliphatic rings.